The normalized spacial score (nSPS) is 19.2. The number of carbonyl (C=O) groups is 1. The Labute approximate surface area is 157 Å². The minimum atomic E-state index is -0.369. The second kappa shape index (κ2) is 7.95. The van der Waals surface area contributed by atoms with Crippen molar-refractivity contribution in [2.24, 2.45) is 0 Å². The minimum absolute atomic E-state index is 0.0480. The maximum atomic E-state index is 12.5. The molecule has 3 N–H and O–H groups in total. The van der Waals surface area contributed by atoms with E-state index in [1.807, 2.05) is 37.3 Å². The van der Waals surface area contributed by atoms with Gasteiger partial charge in [-0.15, -0.1) is 0 Å². The van der Waals surface area contributed by atoms with Crippen LogP contribution >= 0.6 is 11.6 Å². The van der Waals surface area contributed by atoms with E-state index in [0.717, 1.165) is 22.6 Å². The molecule has 2 aromatic rings. The minimum Gasteiger partial charge on any atom is -0.497 e. The van der Waals surface area contributed by atoms with Crippen LogP contribution in [0.3, 0.4) is 0 Å². The van der Waals surface area contributed by atoms with Crippen molar-refractivity contribution in [3.63, 3.8) is 0 Å². The Morgan fingerprint density at radius 2 is 1.96 bits per heavy atom. The largest absolute Gasteiger partial charge is 0.497 e. The molecule has 1 aliphatic rings. The molecule has 1 saturated heterocycles. The predicted molar refractivity (Wildman–Crippen MR) is 102 cm³/mol. The van der Waals surface area contributed by atoms with Gasteiger partial charge in [-0.3, -0.25) is 4.79 Å². The van der Waals surface area contributed by atoms with Gasteiger partial charge in [0.15, 0.2) is 0 Å². The number of rotatable bonds is 5. The third-order valence-electron chi connectivity index (χ3n) is 4.48. The Bertz CT molecular complexity index is 813. The number of halogens is 1. The van der Waals surface area contributed by atoms with Gasteiger partial charge < -0.3 is 14.8 Å². The smallest absolute Gasteiger partial charge is 0.242 e. The molecule has 1 fully saturated rings. The van der Waals surface area contributed by atoms with Crippen LogP contribution in [0.2, 0.25) is 5.02 Å². The highest BCUT2D eigenvalue weighted by molar-refractivity contribution is 6.31. The number of hydrogen-bond acceptors (Lipinski definition) is 5. The van der Waals surface area contributed by atoms with Crippen molar-refractivity contribution in [3.8, 4) is 11.5 Å². The van der Waals surface area contributed by atoms with E-state index in [4.69, 9.17) is 21.1 Å². The first kappa shape index (κ1) is 18.5. The number of methoxy groups -OCH3 is 2. The fourth-order valence-electron chi connectivity index (χ4n) is 2.94. The van der Waals surface area contributed by atoms with Gasteiger partial charge in [-0.05, 0) is 37.1 Å². The zero-order chi connectivity index (χ0) is 18.7. The highest BCUT2D eigenvalue weighted by atomic mass is 35.5. The van der Waals surface area contributed by atoms with Gasteiger partial charge >= 0.3 is 0 Å². The van der Waals surface area contributed by atoms with Crippen LogP contribution in [0.5, 0.6) is 11.5 Å². The molecule has 2 unspecified atom stereocenters. The van der Waals surface area contributed by atoms with Crippen LogP contribution in [-0.2, 0) is 4.79 Å². The first-order valence-corrected chi connectivity index (χ1v) is 8.69. The van der Waals surface area contributed by atoms with E-state index in [1.165, 1.54) is 0 Å². The second-order valence-electron chi connectivity index (χ2n) is 6.19. The number of nitrogens with one attached hydrogen (secondary N) is 3. The van der Waals surface area contributed by atoms with Gasteiger partial charge in [-0.25, -0.2) is 10.9 Å². The van der Waals surface area contributed by atoms with Gasteiger partial charge in [0.1, 0.15) is 17.5 Å². The number of anilines is 1. The first-order valence-electron chi connectivity index (χ1n) is 8.32. The SMILES string of the molecule is COc1ccc(C2CC(C(=O)Nc3ccc(C)c(Cl)c3)NN2)c(OC)c1. The first-order chi connectivity index (χ1) is 12.5. The number of hydrazine groups is 1. The summed E-state index contributed by atoms with van der Waals surface area (Å²) in [6.07, 6.45) is 0.591. The van der Waals surface area contributed by atoms with Crippen molar-refractivity contribution in [3.05, 3.63) is 52.5 Å². The highest BCUT2D eigenvalue weighted by Gasteiger charge is 2.31. The molecule has 0 spiro atoms. The van der Waals surface area contributed by atoms with Crippen LogP contribution in [0.15, 0.2) is 36.4 Å². The maximum Gasteiger partial charge on any atom is 0.242 e. The van der Waals surface area contributed by atoms with Crippen molar-refractivity contribution in [2.45, 2.75) is 25.4 Å². The summed E-state index contributed by atoms with van der Waals surface area (Å²) in [7, 11) is 3.23. The molecule has 138 valence electrons. The van der Waals surface area contributed by atoms with E-state index in [1.54, 1.807) is 20.3 Å². The van der Waals surface area contributed by atoms with Gasteiger partial charge in [-0.1, -0.05) is 23.7 Å². The quantitative estimate of drug-likeness (QED) is 0.748. The summed E-state index contributed by atoms with van der Waals surface area (Å²) in [6, 6.07) is 10.7. The van der Waals surface area contributed by atoms with Gasteiger partial charge in [0.05, 0.1) is 20.3 Å². The van der Waals surface area contributed by atoms with E-state index in [2.05, 4.69) is 16.2 Å². The molecule has 1 heterocycles. The van der Waals surface area contributed by atoms with Crippen LogP contribution < -0.4 is 25.6 Å². The number of ether oxygens (including phenoxy) is 2. The Balaban J connectivity index is 1.68. The van der Waals surface area contributed by atoms with Crippen LogP contribution in [0.1, 0.15) is 23.6 Å². The zero-order valence-corrected chi connectivity index (χ0v) is 15.7. The lowest BCUT2D eigenvalue weighted by molar-refractivity contribution is -0.117. The number of amides is 1. The molecular formula is C19H22ClN3O3. The van der Waals surface area contributed by atoms with Crippen molar-refractivity contribution in [2.75, 3.05) is 19.5 Å². The van der Waals surface area contributed by atoms with E-state index in [-0.39, 0.29) is 18.0 Å². The van der Waals surface area contributed by atoms with Gasteiger partial charge in [-0.2, -0.15) is 0 Å². The molecule has 0 bridgehead atoms. The molecule has 0 saturated carbocycles. The second-order valence-corrected chi connectivity index (χ2v) is 6.60. The Kier molecular flexibility index (Phi) is 5.66. The fraction of sp³-hybridized carbons (Fsp3) is 0.316. The van der Waals surface area contributed by atoms with Crippen molar-refractivity contribution < 1.29 is 14.3 Å². The molecule has 0 aliphatic carbocycles. The topological polar surface area (TPSA) is 71.6 Å². The standard InChI is InChI=1S/C19H22ClN3O3/c1-11-4-5-12(8-15(11)20)21-19(24)17-10-16(22-23-17)14-7-6-13(25-2)9-18(14)26-3/h4-9,16-17,22-23H,10H2,1-3H3,(H,21,24). The number of benzene rings is 2. The van der Waals surface area contributed by atoms with Crippen LogP contribution in [0.25, 0.3) is 0 Å². The summed E-state index contributed by atoms with van der Waals surface area (Å²) in [4.78, 5) is 12.5. The van der Waals surface area contributed by atoms with E-state index < -0.39 is 0 Å². The van der Waals surface area contributed by atoms with Crippen molar-refractivity contribution in [1.82, 2.24) is 10.9 Å². The lowest BCUT2D eigenvalue weighted by atomic mass is 10.0. The van der Waals surface area contributed by atoms with Gasteiger partial charge in [0.2, 0.25) is 5.91 Å². The molecule has 2 atom stereocenters. The summed E-state index contributed by atoms with van der Waals surface area (Å²) in [5, 5.41) is 3.52. The molecule has 0 aromatic heterocycles. The van der Waals surface area contributed by atoms with E-state index in [0.29, 0.717) is 17.1 Å². The van der Waals surface area contributed by atoms with Crippen LogP contribution in [-0.4, -0.2) is 26.2 Å². The summed E-state index contributed by atoms with van der Waals surface area (Å²) in [6.45, 7) is 1.92. The molecule has 7 heteroatoms. The third kappa shape index (κ3) is 3.93. The summed E-state index contributed by atoms with van der Waals surface area (Å²) in [5.74, 6) is 1.32. The molecular weight excluding hydrogens is 354 g/mol. The number of carbonyl (C=O) groups excluding carboxylic acids is 1. The van der Waals surface area contributed by atoms with Crippen LogP contribution in [0.4, 0.5) is 5.69 Å². The molecule has 26 heavy (non-hydrogen) atoms. The Morgan fingerprint density at radius 1 is 1.15 bits per heavy atom. The predicted octanol–water partition coefficient (Wildman–Crippen LogP) is 3.21. The van der Waals surface area contributed by atoms with Gasteiger partial charge in [0.25, 0.3) is 0 Å². The summed E-state index contributed by atoms with van der Waals surface area (Å²) >= 11 is 6.11. The Hall–Kier alpha value is -2.28. The van der Waals surface area contributed by atoms with Crippen LogP contribution in [0, 0.1) is 6.92 Å². The summed E-state index contributed by atoms with van der Waals surface area (Å²) < 4.78 is 10.7. The Morgan fingerprint density at radius 3 is 2.65 bits per heavy atom. The van der Waals surface area contributed by atoms with Crippen molar-refractivity contribution in [1.29, 1.82) is 0 Å². The lowest BCUT2D eigenvalue weighted by Gasteiger charge is -2.15. The average Bonchev–Trinajstić information content (AvgIpc) is 3.14. The number of hydrogen-bond donors (Lipinski definition) is 3. The highest BCUT2D eigenvalue weighted by Crippen LogP contribution is 2.33. The zero-order valence-electron chi connectivity index (χ0n) is 14.9. The van der Waals surface area contributed by atoms with E-state index in [9.17, 15) is 4.79 Å². The number of aryl methyl sites for hydroxylation is 1. The molecule has 0 radical (unpaired) electrons. The molecule has 1 aliphatic heterocycles. The molecule has 2 aromatic carbocycles. The lowest BCUT2D eigenvalue weighted by Crippen LogP contribution is -2.39. The van der Waals surface area contributed by atoms with Crippen molar-refractivity contribution >= 4 is 23.2 Å². The monoisotopic (exact) mass is 375 g/mol. The maximum absolute atomic E-state index is 12.5. The van der Waals surface area contributed by atoms with E-state index >= 15 is 0 Å². The molecule has 3 rings (SSSR count). The van der Waals surface area contributed by atoms with Gasteiger partial charge in [0, 0.05) is 22.3 Å². The fourth-order valence-corrected chi connectivity index (χ4v) is 3.12. The third-order valence-corrected chi connectivity index (χ3v) is 4.88. The molecule has 1 amide bonds. The molecule has 6 nitrogen and oxygen atoms in total. The average molecular weight is 376 g/mol. The summed E-state index contributed by atoms with van der Waals surface area (Å²) in [5.41, 5.74) is 8.83.